The lowest BCUT2D eigenvalue weighted by Crippen LogP contribution is -2.46. The van der Waals surface area contributed by atoms with E-state index >= 15 is 0 Å². The Morgan fingerprint density at radius 3 is 2.50 bits per heavy atom. The van der Waals surface area contributed by atoms with Crippen molar-refractivity contribution in [2.45, 2.75) is 32.6 Å². The van der Waals surface area contributed by atoms with Crippen molar-refractivity contribution in [3.8, 4) is 0 Å². The predicted molar refractivity (Wildman–Crippen MR) is 97.0 cm³/mol. The standard InChI is InChI=1S/C18H34N2O3S/c1-3-24(21,22)11-10-20-8-6-18(7-9-20)15-19(2)12-17(18)14-23-13-16-4-5-16/h16-17H,3-15H2,1-2H3. The number of piperidine rings is 1. The topological polar surface area (TPSA) is 49.9 Å². The Balaban J connectivity index is 1.48. The van der Waals surface area contributed by atoms with E-state index in [2.05, 4.69) is 16.8 Å². The molecule has 3 fully saturated rings. The molecule has 0 bridgehead atoms. The summed E-state index contributed by atoms with van der Waals surface area (Å²) in [6.45, 7) is 8.69. The Hall–Kier alpha value is -0.170. The van der Waals surface area contributed by atoms with Crippen molar-refractivity contribution in [2.75, 3.05) is 64.5 Å². The molecule has 0 radical (unpaired) electrons. The van der Waals surface area contributed by atoms with E-state index in [9.17, 15) is 8.42 Å². The Kier molecular flexibility index (Phi) is 5.90. The van der Waals surface area contributed by atoms with Crippen LogP contribution >= 0.6 is 0 Å². The third-order valence-electron chi connectivity index (χ3n) is 6.36. The molecular weight excluding hydrogens is 324 g/mol. The average Bonchev–Trinajstić information content (AvgIpc) is 3.32. The molecule has 2 aliphatic heterocycles. The van der Waals surface area contributed by atoms with Gasteiger partial charge in [0.25, 0.3) is 0 Å². The van der Waals surface area contributed by atoms with E-state index in [4.69, 9.17) is 4.74 Å². The number of nitrogens with zero attached hydrogens (tertiary/aromatic N) is 2. The summed E-state index contributed by atoms with van der Waals surface area (Å²) in [5, 5.41) is 0. The third-order valence-corrected chi connectivity index (χ3v) is 8.05. The van der Waals surface area contributed by atoms with E-state index in [1.165, 1.54) is 32.2 Å². The van der Waals surface area contributed by atoms with Crippen LogP contribution in [0.3, 0.4) is 0 Å². The lowest BCUT2D eigenvalue weighted by atomic mass is 9.71. The molecule has 1 saturated carbocycles. The Bertz CT molecular complexity index is 510. The van der Waals surface area contributed by atoms with E-state index in [1.807, 2.05) is 0 Å². The first-order valence-electron chi connectivity index (χ1n) is 9.61. The molecule has 1 spiro atoms. The minimum Gasteiger partial charge on any atom is -0.381 e. The molecule has 1 atom stereocenters. The fourth-order valence-corrected chi connectivity index (χ4v) is 5.22. The first-order valence-corrected chi connectivity index (χ1v) is 11.4. The van der Waals surface area contributed by atoms with Crippen molar-refractivity contribution < 1.29 is 13.2 Å². The lowest BCUT2D eigenvalue weighted by Gasteiger charge is -2.42. The summed E-state index contributed by atoms with van der Waals surface area (Å²) in [6, 6.07) is 0. The summed E-state index contributed by atoms with van der Waals surface area (Å²) in [6.07, 6.45) is 5.07. The number of likely N-dealkylation sites (tertiary alicyclic amines) is 2. The molecule has 3 rings (SSSR count). The minimum atomic E-state index is -2.85. The normalized spacial score (nSPS) is 28.7. The summed E-state index contributed by atoms with van der Waals surface area (Å²) < 4.78 is 29.5. The first-order chi connectivity index (χ1) is 11.4. The molecule has 0 N–H and O–H groups in total. The van der Waals surface area contributed by atoms with Crippen molar-refractivity contribution >= 4 is 9.84 Å². The van der Waals surface area contributed by atoms with Crippen LogP contribution in [0.15, 0.2) is 0 Å². The molecule has 24 heavy (non-hydrogen) atoms. The summed E-state index contributed by atoms with van der Waals surface area (Å²) in [5.41, 5.74) is 0.387. The van der Waals surface area contributed by atoms with Crippen molar-refractivity contribution in [1.29, 1.82) is 0 Å². The molecule has 2 heterocycles. The van der Waals surface area contributed by atoms with E-state index < -0.39 is 9.84 Å². The van der Waals surface area contributed by atoms with Crippen LogP contribution in [0.25, 0.3) is 0 Å². The quantitative estimate of drug-likeness (QED) is 0.658. The highest BCUT2D eigenvalue weighted by atomic mass is 32.2. The van der Waals surface area contributed by atoms with E-state index in [0.29, 0.717) is 23.6 Å². The Morgan fingerprint density at radius 1 is 1.17 bits per heavy atom. The largest absolute Gasteiger partial charge is 0.381 e. The molecule has 5 nitrogen and oxygen atoms in total. The van der Waals surface area contributed by atoms with Gasteiger partial charge in [0.05, 0.1) is 12.4 Å². The average molecular weight is 359 g/mol. The monoisotopic (exact) mass is 358 g/mol. The zero-order valence-corrected chi connectivity index (χ0v) is 16.2. The highest BCUT2D eigenvalue weighted by Gasteiger charge is 2.47. The second-order valence-electron chi connectivity index (χ2n) is 8.31. The second-order valence-corrected chi connectivity index (χ2v) is 10.8. The highest BCUT2D eigenvalue weighted by Crippen LogP contribution is 2.44. The van der Waals surface area contributed by atoms with Gasteiger partial charge in [-0.1, -0.05) is 6.92 Å². The van der Waals surface area contributed by atoms with Crippen LogP contribution in [0, 0.1) is 17.3 Å². The fourth-order valence-electron chi connectivity index (χ4n) is 4.39. The number of sulfone groups is 1. The van der Waals surface area contributed by atoms with E-state index in [0.717, 1.165) is 38.8 Å². The van der Waals surface area contributed by atoms with Gasteiger partial charge in [-0.2, -0.15) is 0 Å². The van der Waals surface area contributed by atoms with Crippen LogP contribution in [0.5, 0.6) is 0 Å². The molecule has 1 unspecified atom stereocenters. The lowest BCUT2D eigenvalue weighted by molar-refractivity contribution is 0.0196. The third kappa shape index (κ3) is 4.71. The van der Waals surface area contributed by atoms with Crippen molar-refractivity contribution in [3.63, 3.8) is 0 Å². The van der Waals surface area contributed by atoms with Crippen molar-refractivity contribution in [1.82, 2.24) is 9.80 Å². The zero-order chi connectivity index (χ0) is 17.2. The zero-order valence-electron chi connectivity index (χ0n) is 15.4. The number of hydrogen-bond acceptors (Lipinski definition) is 5. The number of hydrogen-bond donors (Lipinski definition) is 0. The molecule has 6 heteroatoms. The molecule has 0 aromatic rings. The fraction of sp³-hybridized carbons (Fsp3) is 1.00. The SMILES string of the molecule is CCS(=O)(=O)CCN1CCC2(CC1)CN(C)CC2COCC1CC1. The van der Waals surface area contributed by atoms with Gasteiger partial charge >= 0.3 is 0 Å². The van der Waals surface area contributed by atoms with Gasteiger partial charge in [-0.05, 0) is 57.2 Å². The Labute approximate surface area is 147 Å². The summed E-state index contributed by atoms with van der Waals surface area (Å²) in [7, 11) is -0.625. The highest BCUT2D eigenvalue weighted by molar-refractivity contribution is 7.91. The van der Waals surface area contributed by atoms with Gasteiger partial charge in [0.15, 0.2) is 9.84 Å². The molecule has 3 aliphatic rings. The molecule has 0 amide bonds. The predicted octanol–water partition coefficient (Wildman–Crippen LogP) is 1.49. The van der Waals surface area contributed by atoms with Gasteiger partial charge < -0.3 is 14.5 Å². The Morgan fingerprint density at radius 2 is 1.88 bits per heavy atom. The van der Waals surface area contributed by atoms with Crippen molar-refractivity contribution in [2.24, 2.45) is 17.3 Å². The van der Waals surface area contributed by atoms with Gasteiger partial charge in [-0.3, -0.25) is 0 Å². The number of ether oxygens (including phenoxy) is 1. The van der Waals surface area contributed by atoms with Crippen LogP contribution in [0.2, 0.25) is 0 Å². The minimum absolute atomic E-state index is 0.260. The molecule has 0 aromatic carbocycles. The van der Waals surface area contributed by atoms with Crippen LogP contribution in [0.4, 0.5) is 0 Å². The number of rotatable bonds is 8. The van der Waals surface area contributed by atoms with Gasteiger partial charge in [0.1, 0.15) is 0 Å². The second kappa shape index (κ2) is 7.60. The summed E-state index contributed by atoms with van der Waals surface area (Å²) >= 11 is 0. The maximum Gasteiger partial charge on any atom is 0.151 e. The van der Waals surface area contributed by atoms with Crippen LogP contribution < -0.4 is 0 Å². The molecule has 2 saturated heterocycles. The summed E-state index contributed by atoms with van der Waals surface area (Å²) in [5.74, 6) is 2.05. The van der Waals surface area contributed by atoms with Crippen LogP contribution in [-0.2, 0) is 14.6 Å². The maximum absolute atomic E-state index is 11.7. The smallest absolute Gasteiger partial charge is 0.151 e. The molecule has 1 aliphatic carbocycles. The first kappa shape index (κ1) is 18.6. The van der Waals surface area contributed by atoms with Crippen LogP contribution in [0.1, 0.15) is 32.6 Å². The van der Waals surface area contributed by atoms with Gasteiger partial charge in [0, 0.05) is 37.9 Å². The molecule has 140 valence electrons. The summed E-state index contributed by atoms with van der Waals surface area (Å²) in [4.78, 5) is 4.81. The van der Waals surface area contributed by atoms with Gasteiger partial charge in [-0.15, -0.1) is 0 Å². The van der Waals surface area contributed by atoms with Crippen molar-refractivity contribution in [3.05, 3.63) is 0 Å². The molecule has 0 aromatic heterocycles. The van der Waals surface area contributed by atoms with E-state index in [-0.39, 0.29) is 5.75 Å². The maximum atomic E-state index is 11.7. The van der Waals surface area contributed by atoms with Crippen LogP contribution in [-0.4, -0.2) is 82.7 Å². The molecular formula is C18H34N2O3S. The van der Waals surface area contributed by atoms with E-state index in [1.54, 1.807) is 6.92 Å². The van der Waals surface area contributed by atoms with Gasteiger partial charge in [-0.25, -0.2) is 8.42 Å². The van der Waals surface area contributed by atoms with Gasteiger partial charge in [0.2, 0.25) is 0 Å².